The lowest BCUT2D eigenvalue weighted by atomic mass is 10.1. The normalized spacial score (nSPS) is 10.1. The third-order valence-corrected chi connectivity index (χ3v) is 4.14. The van der Waals surface area contributed by atoms with Crippen molar-refractivity contribution in [3.05, 3.63) is 64.8 Å². The van der Waals surface area contributed by atoms with Crippen molar-refractivity contribution in [1.82, 2.24) is 9.78 Å². The Bertz CT molecular complexity index is 937. The van der Waals surface area contributed by atoms with E-state index >= 15 is 0 Å². The molecule has 0 radical (unpaired) electrons. The molecule has 25 heavy (non-hydrogen) atoms. The predicted octanol–water partition coefficient (Wildman–Crippen LogP) is 4.37. The van der Waals surface area contributed by atoms with Gasteiger partial charge in [-0.25, -0.2) is 4.79 Å². The zero-order chi connectivity index (χ0) is 17.8. The predicted molar refractivity (Wildman–Crippen MR) is 100 cm³/mol. The Hall–Kier alpha value is -3.11. The number of rotatable bonds is 3. The first-order valence-electron chi connectivity index (χ1n) is 7.43. The molecule has 2 N–H and O–H groups in total. The monoisotopic (exact) mass is 395 g/mol. The molecule has 2 amide bonds. The number of aromatic nitrogens is 2. The summed E-state index contributed by atoms with van der Waals surface area (Å²) in [6.45, 7) is 0. The quantitative estimate of drug-likeness (QED) is 0.690. The van der Waals surface area contributed by atoms with Gasteiger partial charge in [-0.05, 0) is 52.3 Å². The van der Waals surface area contributed by atoms with Gasteiger partial charge in [0.1, 0.15) is 0 Å². The number of benzene rings is 2. The first kappa shape index (κ1) is 16.7. The van der Waals surface area contributed by atoms with E-state index < -0.39 is 0 Å². The maximum atomic E-state index is 12.2. The van der Waals surface area contributed by atoms with Crippen LogP contribution in [0.3, 0.4) is 0 Å². The SMILES string of the molecule is Cn1ncc(Br)c1-c1cccc(NC(=O)Nc2ccc(C#N)cc2)c1. The van der Waals surface area contributed by atoms with E-state index in [0.717, 1.165) is 15.7 Å². The maximum Gasteiger partial charge on any atom is 0.323 e. The van der Waals surface area contributed by atoms with Crippen LogP contribution in [-0.4, -0.2) is 15.8 Å². The highest BCUT2D eigenvalue weighted by Gasteiger charge is 2.10. The van der Waals surface area contributed by atoms with Crippen LogP contribution in [0.25, 0.3) is 11.3 Å². The third kappa shape index (κ3) is 3.87. The van der Waals surface area contributed by atoms with Gasteiger partial charge in [0, 0.05) is 24.0 Å². The zero-order valence-electron chi connectivity index (χ0n) is 13.3. The van der Waals surface area contributed by atoms with Crippen molar-refractivity contribution in [1.29, 1.82) is 5.26 Å². The number of hydrogen-bond donors (Lipinski definition) is 2. The minimum absolute atomic E-state index is 0.356. The van der Waals surface area contributed by atoms with Gasteiger partial charge in [-0.3, -0.25) is 4.68 Å². The lowest BCUT2D eigenvalue weighted by Gasteiger charge is -2.10. The lowest BCUT2D eigenvalue weighted by molar-refractivity contribution is 0.262. The maximum absolute atomic E-state index is 12.2. The standard InChI is InChI=1S/C18H14BrN5O/c1-24-17(16(19)11-21-24)13-3-2-4-15(9-13)23-18(25)22-14-7-5-12(10-20)6-8-14/h2-9,11H,1H3,(H2,22,23,25). The summed E-state index contributed by atoms with van der Waals surface area (Å²) < 4.78 is 2.65. The van der Waals surface area contributed by atoms with Gasteiger partial charge in [0.25, 0.3) is 0 Å². The smallest absolute Gasteiger partial charge is 0.308 e. The molecule has 0 saturated carbocycles. The van der Waals surface area contributed by atoms with Crippen LogP contribution < -0.4 is 10.6 Å². The second kappa shape index (κ2) is 7.20. The van der Waals surface area contributed by atoms with Crippen LogP contribution in [0.4, 0.5) is 16.2 Å². The molecule has 3 aromatic rings. The lowest BCUT2D eigenvalue weighted by Crippen LogP contribution is -2.19. The number of urea groups is 1. The molecule has 0 aliphatic rings. The van der Waals surface area contributed by atoms with Gasteiger partial charge in [-0.2, -0.15) is 10.4 Å². The molecule has 0 atom stereocenters. The van der Waals surface area contributed by atoms with Crippen molar-refractivity contribution >= 4 is 33.3 Å². The van der Waals surface area contributed by atoms with Crippen LogP contribution in [0, 0.1) is 11.3 Å². The molecule has 0 fully saturated rings. The van der Waals surface area contributed by atoms with Gasteiger partial charge >= 0.3 is 6.03 Å². The Labute approximate surface area is 153 Å². The number of carbonyl (C=O) groups is 1. The number of nitrogens with zero attached hydrogens (tertiary/aromatic N) is 3. The molecule has 2 aromatic carbocycles. The highest BCUT2D eigenvalue weighted by atomic mass is 79.9. The molecule has 0 spiro atoms. The molecule has 0 aliphatic carbocycles. The Kier molecular flexibility index (Phi) is 4.82. The number of halogens is 1. The van der Waals surface area contributed by atoms with E-state index in [2.05, 4.69) is 31.7 Å². The highest BCUT2D eigenvalue weighted by molar-refractivity contribution is 9.10. The van der Waals surface area contributed by atoms with Gasteiger partial charge in [-0.15, -0.1) is 0 Å². The van der Waals surface area contributed by atoms with Crippen molar-refractivity contribution in [3.63, 3.8) is 0 Å². The summed E-state index contributed by atoms with van der Waals surface area (Å²) in [6.07, 6.45) is 1.73. The highest BCUT2D eigenvalue weighted by Crippen LogP contribution is 2.29. The van der Waals surface area contributed by atoms with Crippen molar-refractivity contribution < 1.29 is 4.79 Å². The van der Waals surface area contributed by atoms with Crippen molar-refractivity contribution in [2.24, 2.45) is 7.05 Å². The minimum Gasteiger partial charge on any atom is -0.308 e. The second-order valence-corrected chi connectivity index (χ2v) is 6.17. The first-order chi connectivity index (χ1) is 12.1. The number of amides is 2. The Morgan fingerprint density at radius 1 is 1.16 bits per heavy atom. The molecule has 0 saturated heterocycles. The summed E-state index contributed by atoms with van der Waals surface area (Å²) in [4.78, 5) is 12.2. The average molecular weight is 396 g/mol. The Morgan fingerprint density at radius 2 is 1.88 bits per heavy atom. The summed E-state index contributed by atoms with van der Waals surface area (Å²) >= 11 is 3.48. The van der Waals surface area contributed by atoms with Crippen LogP contribution in [0.5, 0.6) is 0 Å². The summed E-state index contributed by atoms with van der Waals surface area (Å²) in [7, 11) is 1.86. The van der Waals surface area contributed by atoms with Crippen LogP contribution >= 0.6 is 15.9 Å². The molecule has 0 aliphatic heterocycles. The summed E-state index contributed by atoms with van der Waals surface area (Å²) in [5, 5.41) is 18.5. The van der Waals surface area contributed by atoms with E-state index in [0.29, 0.717) is 16.9 Å². The molecule has 3 rings (SSSR count). The first-order valence-corrected chi connectivity index (χ1v) is 8.22. The van der Waals surface area contributed by atoms with Gasteiger partial charge in [0.15, 0.2) is 0 Å². The van der Waals surface area contributed by atoms with Crippen molar-refractivity contribution in [2.75, 3.05) is 10.6 Å². The zero-order valence-corrected chi connectivity index (χ0v) is 14.9. The van der Waals surface area contributed by atoms with E-state index in [1.165, 1.54) is 0 Å². The number of nitriles is 1. The Morgan fingerprint density at radius 3 is 2.52 bits per heavy atom. The minimum atomic E-state index is -0.356. The van der Waals surface area contributed by atoms with Gasteiger partial charge < -0.3 is 10.6 Å². The molecular formula is C18H14BrN5O. The molecule has 6 nitrogen and oxygen atoms in total. The second-order valence-electron chi connectivity index (χ2n) is 5.31. The molecule has 124 valence electrons. The van der Waals surface area contributed by atoms with Crippen LogP contribution in [-0.2, 0) is 7.05 Å². The molecule has 1 heterocycles. The fourth-order valence-corrected chi connectivity index (χ4v) is 2.98. The van der Waals surface area contributed by atoms with Gasteiger partial charge in [0.05, 0.1) is 28.0 Å². The van der Waals surface area contributed by atoms with Crippen LogP contribution in [0.2, 0.25) is 0 Å². The summed E-state index contributed by atoms with van der Waals surface area (Å²) in [6, 6.07) is 15.8. The summed E-state index contributed by atoms with van der Waals surface area (Å²) in [5.74, 6) is 0. The average Bonchev–Trinajstić information content (AvgIpc) is 2.94. The van der Waals surface area contributed by atoms with Crippen molar-refractivity contribution in [3.8, 4) is 17.3 Å². The largest absolute Gasteiger partial charge is 0.323 e. The molecule has 1 aromatic heterocycles. The fourth-order valence-electron chi connectivity index (χ4n) is 2.40. The molecule has 0 bridgehead atoms. The topological polar surface area (TPSA) is 82.7 Å². The van der Waals surface area contributed by atoms with E-state index in [1.54, 1.807) is 35.1 Å². The Balaban J connectivity index is 1.73. The van der Waals surface area contributed by atoms with E-state index in [4.69, 9.17) is 5.26 Å². The molecule has 0 unspecified atom stereocenters. The van der Waals surface area contributed by atoms with Gasteiger partial charge in [-0.1, -0.05) is 12.1 Å². The van der Waals surface area contributed by atoms with E-state index in [1.807, 2.05) is 37.4 Å². The number of anilines is 2. The molecule has 7 heteroatoms. The number of aryl methyl sites for hydroxylation is 1. The van der Waals surface area contributed by atoms with Crippen molar-refractivity contribution in [2.45, 2.75) is 0 Å². The number of carbonyl (C=O) groups excluding carboxylic acids is 1. The van der Waals surface area contributed by atoms with E-state index in [9.17, 15) is 4.79 Å². The number of hydrogen-bond acceptors (Lipinski definition) is 3. The van der Waals surface area contributed by atoms with Crippen LogP contribution in [0.1, 0.15) is 5.56 Å². The molecular weight excluding hydrogens is 382 g/mol. The van der Waals surface area contributed by atoms with Crippen LogP contribution in [0.15, 0.2) is 59.2 Å². The third-order valence-electron chi connectivity index (χ3n) is 3.56. The fraction of sp³-hybridized carbons (Fsp3) is 0.0556. The van der Waals surface area contributed by atoms with Gasteiger partial charge in [0.2, 0.25) is 0 Å². The number of nitrogens with one attached hydrogen (secondary N) is 2. The summed E-state index contributed by atoms with van der Waals surface area (Å²) in [5.41, 5.74) is 3.68. The van der Waals surface area contributed by atoms with E-state index in [-0.39, 0.29) is 6.03 Å².